The van der Waals surface area contributed by atoms with E-state index in [0.29, 0.717) is 0 Å². The van der Waals surface area contributed by atoms with Crippen LogP contribution >= 0.6 is 0 Å². The quantitative estimate of drug-likeness (QED) is 0.499. The zero-order valence-corrected chi connectivity index (χ0v) is 6.46. The number of alkyl halides is 4. The highest BCUT2D eigenvalue weighted by molar-refractivity contribution is 4.48. The number of rotatable bonds is 6. The first-order chi connectivity index (χ1) is 5.56. The van der Waals surface area contributed by atoms with Gasteiger partial charge < -0.3 is 10.1 Å². The SMILES string of the molecule is FCCNCCOCC(F)(F)F. The van der Waals surface area contributed by atoms with Gasteiger partial charge in [0.25, 0.3) is 0 Å². The van der Waals surface area contributed by atoms with E-state index in [1.54, 1.807) is 0 Å². The highest BCUT2D eigenvalue weighted by Crippen LogP contribution is 2.13. The van der Waals surface area contributed by atoms with Crippen LogP contribution in [0.25, 0.3) is 0 Å². The van der Waals surface area contributed by atoms with Crippen molar-refractivity contribution in [3.63, 3.8) is 0 Å². The molecule has 12 heavy (non-hydrogen) atoms. The van der Waals surface area contributed by atoms with Gasteiger partial charge in [0.15, 0.2) is 0 Å². The number of hydrogen-bond acceptors (Lipinski definition) is 2. The van der Waals surface area contributed by atoms with E-state index in [-0.39, 0.29) is 19.7 Å². The first kappa shape index (κ1) is 11.6. The fourth-order valence-corrected chi connectivity index (χ4v) is 0.524. The monoisotopic (exact) mass is 189 g/mol. The second-order valence-electron chi connectivity index (χ2n) is 2.11. The van der Waals surface area contributed by atoms with Gasteiger partial charge in [-0.05, 0) is 0 Å². The Kier molecular flexibility index (Phi) is 6.00. The van der Waals surface area contributed by atoms with E-state index in [1.165, 1.54) is 0 Å². The molecule has 0 fully saturated rings. The molecule has 0 bridgehead atoms. The molecule has 0 radical (unpaired) electrons. The van der Waals surface area contributed by atoms with E-state index in [2.05, 4.69) is 10.1 Å². The Hall–Kier alpha value is -0.360. The molecule has 74 valence electrons. The second kappa shape index (κ2) is 6.19. The van der Waals surface area contributed by atoms with Crippen LogP contribution in [0.15, 0.2) is 0 Å². The van der Waals surface area contributed by atoms with Gasteiger partial charge >= 0.3 is 6.18 Å². The van der Waals surface area contributed by atoms with Gasteiger partial charge in [-0.3, -0.25) is 0 Å². The van der Waals surface area contributed by atoms with Crippen molar-refractivity contribution in [3.05, 3.63) is 0 Å². The molecule has 0 heterocycles. The van der Waals surface area contributed by atoms with Crippen LogP contribution in [0.4, 0.5) is 17.6 Å². The molecule has 0 aromatic rings. The van der Waals surface area contributed by atoms with Crippen LogP contribution in [-0.4, -0.2) is 39.2 Å². The van der Waals surface area contributed by atoms with Crippen molar-refractivity contribution in [3.8, 4) is 0 Å². The standard InChI is InChI=1S/C6H11F4NO/c7-1-2-11-3-4-12-5-6(8,9)10/h11H,1-5H2. The summed E-state index contributed by atoms with van der Waals surface area (Å²) in [6.07, 6.45) is -4.28. The molecule has 0 aliphatic rings. The van der Waals surface area contributed by atoms with E-state index in [4.69, 9.17) is 0 Å². The van der Waals surface area contributed by atoms with Crippen molar-refractivity contribution >= 4 is 0 Å². The van der Waals surface area contributed by atoms with Gasteiger partial charge in [-0.15, -0.1) is 0 Å². The van der Waals surface area contributed by atoms with E-state index in [1.807, 2.05) is 0 Å². The Balaban J connectivity index is 3.01. The zero-order chi connectivity index (χ0) is 9.45. The molecule has 0 aromatic carbocycles. The minimum atomic E-state index is -4.28. The summed E-state index contributed by atoms with van der Waals surface area (Å²) in [6, 6.07) is 0. The average molecular weight is 189 g/mol. The summed E-state index contributed by atoms with van der Waals surface area (Å²) in [7, 11) is 0. The summed E-state index contributed by atoms with van der Waals surface area (Å²) in [5.41, 5.74) is 0. The number of nitrogens with one attached hydrogen (secondary N) is 1. The van der Waals surface area contributed by atoms with Crippen molar-refractivity contribution < 1.29 is 22.3 Å². The fraction of sp³-hybridized carbons (Fsp3) is 1.00. The Morgan fingerprint density at radius 3 is 2.33 bits per heavy atom. The molecular formula is C6H11F4NO. The molecular weight excluding hydrogens is 178 g/mol. The van der Waals surface area contributed by atoms with Gasteiger partial charge in [0.1, 0.15) is 13.3 Å². The van der Waals surface area contributed by atoms with E-state index >= 15 is 0 Å². The summed E-state index contributed by atoms with van der Waals surface area (Å²) < 4.78 is 49.9. The number of hydrogen-bond donors (Lipinski definition) is 1. The molecule has 1 N–H and O–H groups in total. The van der Waals surface area contributed by atoms with Crippen LogP contribution in [0.1, 0.15) is 0 Å². The molecule has 0 unspecified atom stereocenters. The molecule has 0 aliphatic heterocycles. The van der Waals surface area contributed by atoms with Gasteiger partial charge in [0.2, 0.25) is 0 Å². The predicted molar refractivity (Wildman–Crippen MR) is 35.7 cm³/mol. The highest BCUT2D eigenvalue weighted by Gasteiger charge is 2.26. The summed E-state index contributed by atoms with van der Waals surface area (Å²) in [5, 5.41) is 2.55. The number of ether oxygens (including phenoxy) is 1. The molecule has 2 nitrogen and oxygen atoms in total. The minimum Gasteiger partial charge on any atom is -0.371 e. The van der Waals surface area contributed by atoms with Gasteiger partial charge in [-0.2, -0.15) is 13.2 Å². The lowest BCUT2D eigenvalue weighted by atomic mass is 10.6. The zero-order valence-electron chi connectivity index (χ0n) is 6.46. The lowest BCUT2D eigenvalue weighted by Gasteiger charge is -2.07. The number of halogens is 4. The molecule has 6 heteroatoms. The third-order valence-electron chi connectivity index (χ3n) is 0.960. The van der Waals surface area contributed by atoms with Crippen molar-refractivity contribution in [2.45, 2.75) is 6.18 Å². The maximum Gasteiger partial charge on any atom is 0.411 e. The lowest BCUT2D eigenvalue weighted by molar-refractivity contribution is -0.173. The molecule has 0 aromatic heterocycles. The molecule has 0 amide bonds. The van der Waals surface area contributed by atoms with Crippen molar-refractivity contribution in [1.29, 1.82) is 0 Å². The summed E-state index contributed by atoms with van der Waals surface area (Å²) in [6.45, 7) is -1.45. The van der Waals surface area contributed by atoms with Crippen LogP contribution in [0.2, 0.25) is 0 Å². The first-order valence-corrected chi connectivity index (χ1v) is 3.47. The summed E-state index contributed by atoms with van der Waals surface area (Å²) in [5.74, 6) is 0. The summed E-state index contributed by atoms with van der Waals surface area (Å²) in [4.78, 5) is 0. The summed E-state index contributed by atoms with van der Waals surface area (Å²) >= 11 is 0. The van der Waals surface area contributed by atoms with Gasteiger partial charge in [0, 0.05) is 13.1 Å². The Morgan fingerprint density at radius 1 is 1.17 bits per heavy atom. The van der Waals surface area contributed by atoms with E-state index in [0.717, 1.165) is 0 Å². The Morgan fingerprint density at radius 2 is 1.83 bits per heavy atom. The van der Waals surface area contributed by atoms with Crippen molar-refractivity contribution in [2.75, 3.05) is 33.0 Å². The fourth-order valence-electron chi connectivity index (χ4n) is 0.524. The maximum absolute atomic E-state index is 11.4. The molecule has 0 saturated carbocycles. The van der Waals surface area contributed by atoms with Gasteiger partial charge in [0.05, 0.1) is 6.61 Å². The van der Waals surface area contributed by atoms with Gasteiger partial charge in [-0.1, -0.05) is 0 Å². The topological polar surface area (TPSA) is 21.3 Å². The van der Waals surface area contributed by atoms with Crippen LogP contribution < -0.4 is 5.32 Å². The first-order valence-electron chi connectivity index (χ1n) is 3.47. The Labute approximate surface area is 67.9 Å². The van der Waals surface area contributed by atoms with Crippen LogP contribution in [-0.2, 0) is 4.74 Å². The average Bonchev–Trinajstić information content (AvgIpc) is 1.94. The van der Waals surface area contributed by atoms with E-state index in [9.17, 15) is 17.6 Å². The molecule has 0 rings (SSSR count). The highest BCUT2D eigenvalue weighted by atomic mass is 19.4. The van der Waals surface area contributed by atoms with E-state index < -0.39 is 19.5 Å². The molecule has 0 atom stereocenters. The van der Waals surface area contributed by atoms with Crippen LogP contribution in [0, 0.1) is 0 Å². The smallest absolute Gasteiger partial charge is 0.371 e. The largest absolute Gasteiger partial charge is 0.411 e. The van der Waals surface area contributed by atoms with Gasteiger partial charge in [-0.25, -0.2) is 4.39 Å². The normalized spacial score (nSPS) is 12.0. The minimum absolute atomic E-state index is 0.0560. The van der Waals surface area contributed by atoms with Crippen LogP contribution in [0.5, 0.6) is 0 Å². The third kappa shape index (κ3) is 9.64. The van der Waals surface area contributed by atoms with Crippen molar-refractivity contribution in [2.24, 2.45) is 0 Å². The second-order valence-corrected chi connectivity index (χ2v) is 2.11. The lowest BCUT2D eigenvalue weighted by Crippen LogP contribution is -2.25. The third-order valence-corrected chi connectivity index (χ3v) is 0.960. The molecule has 0 aliphatic carbocycles. The predicted octanol–water partition coefficient (Wildman–Crippen LogP) is 1.12. The maximum atomic E-state index is 11.4. The molecule has 0 saturated heterocycles. The van der Waals surface area contributed by atoms with Crippen LogP contribution in [0.3, 0.4) is 0 Å². The Bertz CT molecular complexity index is 106. The van der Waals surface area contributed by atoms with Crippen molar-refractivity contribution in [1.82, 2.24) is 5.32 Å². The molecule has 0 spiro atoms.